The average molecular weight is 970 g/mol. The van der Waals surface area contributed by atoms with Gasteiger partial charge in [0.25, 0.3) is 0 Å². The Kier molecular flexibility index (Phi) is 8.22. The molecular weight excluding hydrogens is 924 g/mol. The summed E-state index contributed by atoms with van der Waals surface area (Å²) in [6.45, 7) is -0.0602. The van der Waals surface area contributed by atoms with Crippen molar-refractivity contribution in [3.8, 4) is 27.9 Å². The number of benzene rings is 13. The summed E-state index contributed by atoms with van der Waals surface area (Å²) in [6.07, 6.45) is 0. The first-order valence-electron chi connectivity index (χ1n) is 27.3. The highest BCUT2D eigenvalue weighted by atomic mass is 15.0. The van der Waals surface area contributed by atoms with Crippen LogP contribution in [0.15, 0.2) is 273 Å². The topological polar surface area (TPSA) is 4.93 Å². The molecule has 0 unspecified atom stereocenters. The SMILES string of the molecule is c1ccc(C2(c3cccc(B4c5cccc6c5-n5c7c4ccc4c8ccccc8c8ccc(c5c8c47)B6c4cccc(C5(c6ccccc6)c6ccccc6-c6ccccc65)c4)c3)c3ccccc3-c3ccccc32)cc1. The Hall–Kier alpha value is -9.43. The quantitative estimate of drug-likeness (QED) is 0.116. The fraction of sp³-hybridized carbons (Fsp3) is 0.0270. The maximum Gasteiger partial charge on any atom is 0.246 e. The molecule has 1 aromatic heterocycles. The molecule has 0 fully saturated rings. The third-order valence-corrected chi connectivity index (χ3v) is 18.8. The molecule has 352 valence electrons. The van der Waals surface area contributed by atoms with E-state index in [4.69, 9.17) is 0 Å². The zero-order valence-corrected chi connectivity index (χ0v) is 42.1. The minimum Gasteiger partial charge on any atom is -0.311 e. The molecule has 4 aliphatic rings. The molecule has 2 aliphatic heterocycles. The second-order valence-corrected chi connectivity index (χ2v) is 22.0. The van der Waals surface area contributed by atoms with E-state index in [1.54, 1.807) is 0 Å². The van der Waals surface area contributed by atoms with Crippen LogP contribution in [0.25, 0.3) is 71.3 Å². The zero-order valence-electron chi connectivity index (χ0n) is 42.1. The summed E-state index contributed by atoms with van der Waals surface area (Å²) in [5, 5.41) is 8.04. The number of hydrogen-bond acceptors (Lipinski definition) is 0. The van der Waals surface area contributed by atoms with Gasteiger partial charge in [0.05, 0.1) is 10.8 Å². The molecular formula is C74H45B2N. The highest BCUT2D eigenvalue weighted by molar-refractivity contribution is 7.02. The van der Waals surface area contributed by atoms with Crippen LogP contribution < -0.4 is 32.8 Å². The Labute approximate surface area is 447 Å². The Morgan fingerprint density at radius 2 is 0.610 bits per heavy atom. The van der Waals surface area contributed by atoms with Crippen LogP contribution in [-0.4, -0.2) is 18.0 Å². The van der Waals surface area contributed by atoms with Gasteiger partial charge in [0, 0.05) is 27.5 Å². The van der Waals surface area contributed by atoms with Crippen LogP contribution in [-0.2, 0) is 10.8 Å². The molecule has 2 aliphatic carbocycles. The number of rotatable bonds is 6. The first-order valence-corrected chi connectivity index (χ1v) is 27.3. The van der Waals surface area contributed by atoms with E-state index in [1.807, 2.05) is 0 Å². The maximum absolute atomic E-state index is 2.73. The normalized spacial score (nSPS) is 14.6. The van der Waals surface area contributed by atoms with Gasteiger partial charge in [-0.05, 0) is 110 Å². The van der Waals surface area contributed by atoms with E-state index in [0.717, 1.165) is 0 Å². The van der Waals surface area contributed by atoms with Gasteiger partial charge in [0.15, 0.2) is 0 Å². The van der Waals surface area contributed by atoms with Gasteiger partial charge in [-0.3, -0.25) is 0 Å². The average Bonchev–Trinajstić information content (AvgIpc) is 4.35. The van der Waals surface area contributed by atoms with E-state index in [0.29, 0.717) is 0 Å². The van der Waals surface area contributed by atoms with Gasteiger partial charge in [-0.2, -0.15) is 0 Å². The Bertz CT molecular complexity index is 4450. The lowest BCUT2D eigenvalue weighted by Crippen LogP contribution is -2.63. The van der Waals surface area contributed by atoms with Crippen molar-refractivity contribution in [2.75, 3.05) is 0 Å². The molecule has 3 heteroatoms. The highest BCUT2D eigenvalue weighted by Gasteiger charge is 2.49. The zero-order chi connectivity index (χ0) is 50.1. The van der Waals surface area contributed by atoms with Crippen LogP contribution in [0.1, 0.15) is 44.5 Å². The molecule has 18 rings (SSSR count). The molecule has 0 radical (unpaired) electrons. The first kappa shape index (κ1) is 41.9. The first-order chi connectivity index (χ1) is 38.2. The number of fused-ring (bicyclic) bond motifs is 9. The molecule has 0 atom stereocenters. The molecule has 0 saturated carbocycles. The summed E-state index contributed by atoms with van der Waals surface area (Å²) >= 11 is 0. The number of para-hydroxylation sites is 1. The molecule has 77 heavy (non-hydrogen) atoms. The Morgan fingerprint density at radius 3 is 1.03 bits per heavy atom. The molecule has 0 amide bonds. The van der Waals surface area contributed by atoms with E-state index in [-0.39, 0.29) is 13.4 Å². The summed E-state index contributed by atoms with van der Waals surface area (Å²) in [5.41, 5.74) is 26.8. The number of aromatic nitrogens is 1. The van der Waals surface area contributed by atoms with Crippen LogP contribution in [0.4, 0.5) is 0 Å². The van der Waals surface area contributed by atoms with Crippen molar-refractivity contribution >= 4 is 89.6 Å². The van der Waals surface area contributed by atoms with E-state index >= 15 is 0 Å². The van der Waals surface area contributed by atoms with Crippen molar-refractivity contribution in [3.63, 3.8) is 0 Å². The molecule has 13 aromatic carbocycles. The largest absolute Gasteiger partial charge is 0.311 e. The number of nitrogens with zero attached hydrogens (tertiary/aromatic N) is 1. The minimum atomic E-state index is -0.509. The van der Waals surface area contributed by atoms with Crippen molar-refractivity contribution < 1.29 is 0 Å². The fourth-order valence-electron chi connectivity index (χ4n) is 16.1. The summed E-state index contributed by atoms with van der Waals surface area (Å²) < 4.78 is 2.73. The van der Waals surface area contributed by atoms with Gasteiger partial charge < -0.3 is 4.57 Å². The van der Waals surface area contributed by atoms with E-state index in [2.05, 4.69) is 278 Å². The maximum atomic E-state index is 2.73. The van der Waals surface area contributed by atoms with Crippen molar-refractivity contribution in [2.24, 2.45) is 0 Å². The minimum absolute atomic E-state index is 0.0301. The highest BCUT2D eigenvalue weighted by Crippen LogP contribution is 2.57. The molecule has 0 spiro atoms. The monoisotopic (exact) mass is 969 g/mol. The summed E-state index contributed by atoms with van der Waals surface area (Å²) in [5.74, 6) is 0. The smallest absolute Gasteiger partial charge is 0.246 e. The Morgan fingerprint density at radius 1 is 0.260 bits per heavy atom. The summed E-state index contributed by atoms with van der Waals surface area (Å²) in [4.78, 5) is 0. The van der Waals surface area contributed by atoms with Crippen LogP contribution in [0.3, 0.4) is 0 Å². The molecule has 3 heterocycles. The molecule has 0 saturated heterocycles. The van der Waals surface area contributed by atoms with Gasteiger partial charge in [-0.1, -0.05) is 284 Å². The van der Waals surface area contributed by atoms with E-state index in [9.17, 15) is 0 Å². The number of hydrogen-bond donors (Lipinski definition) is 0. The van der Waals surface area contributed by atoms with Gasteiger partial charge in [-0.25, -0.2) is 0 Å². The van der Waals surface area contributed by atoms with E-state index < -0.39 is 10.8 Å². The van der Waals surface area contributed by atoms with Crippen LogP contribution in [0.2, 0.25) is 0 Å². The Balaban J connectivity index is 0.922. The van der Waals surface area contributed by atoms with Crippen LogP contribution in [0.5, 0.6) is 0 Å². The van der Waals surface area contributed by atoms with Gasteiger partial charge in [-0.15, -0.1) is 0 Å². The lowest BCUT2D eigenvalue weighted by Gasteiger charge is -2.37. The molecule has 1 nitrogen and oxygen atoms in total. The molecule has 14 aromatic rings. The van der Waals surface area contributed by atoms with Crippen LogP contribution in [0, 0.1) is 0 Å². The second-order valence-electron chi connectivity index (χ2n) is 22.0. The van der Waals surface area contributed by atoms with Gasteiger partial charge >= 0.3 is 0 Å². The van der Waals surface area contributed by atoms with Crippen molar-refractivity contribution in [1.29, 1.82) is 0 Å². The predicted molar refractivity (Wildman–Crippen MR) is 324 cm³/mol. The van der Waals surface area contributed by atoms with Gasteiger partial charge in [0.1, 0.15) is 0 Å². The standard InChI is InChI=1S/C74H45B2N/c1-3-20-46(21-4-1)73(60-34-13-9-30-54(60)55-31-10-14-35-61(55)73)48-24-17-26-50(44-48)75-64-38-19-39-65-70(64)77-71-66(75)42-40-58-52-28-7-8-29-53(52)59-41-43-67(72(77)69(59)68(58)71)76(65)51-27-18-25-49(45-51)74(47-22-5-2-6-23-47)62-36-15-11-32-56(62)57-33-12-16-37-63(57)74/h1-45H. The van der Waals surface area contributed by atoms with Crippen molar-refractivity contribution in [2.45, 2.75) is 10.8 Å². The lowest BCUT2D eigenvalue weighted by atomic mass is 9.31. The lowest BCUT2D eigenvalue weighted by molar-refractivity contribution is 0.769. The predicted octanol–water partition coefficient (Wildman–Crippen LogP) is 12.9. The van der Waals surface area contributed by atoms with Crippen molar-refractivity contribution in [3.05, 3.63) is 317 Å². The molecule has 0 bridgehead atoms. The van der Waals surface area contributed by atoms with Crippen molar-refractivity contribution in [1.82, 2.24) is 4.57 Å². The third kappa shape index (κ3) is 5.09. The summed E-state index contributed by atoms with van der Waals surface area (Å²) in [6, 6.07) is 105. The summed E-state index contributed by atoms with van der Waals surface area (Å²) in [7, 11) is 0. The van der Waals surface area contributed by atoms with E-state index in [1.165, 1.54) is 149 Å². The van der Waals surface area contributed by atoms with Crippen LogP contribution >= 0.6 is 0 Å². The third-order valence-electron chi connectivity index (χ3n) is 18.8. The van der Waals surface area contributed by atoms with Gasteiger partial charge in [0.2, 0.25) is 13.4 Å². The fourth-order valence-corrected chi connectivity index (χ4v) is 16.1. The molecule has 0 N–H and O–H groups in total. The second kappa shape index (κ2) is 15.1.